The second-order valence-electron chi connectivity index (χ2n) is 0.500. The van der Waals surface area contributed by atoms with Crippen molar-refractivity contribution in [1.82, 2.24) is 0 Å². The number of carboxylic acid groups (broad SMARTS) is 4. The van der Waals surface area contributed by atoms with Crippen molar-refractivity contribution >= 4 is 35.4 Å². The van der Waals surface area contributed by atoms with Crippen LogP contribution in [-0.4, -0.2) is 35.4 Å². The third-order valence-electron chi connectivity index (χ3n) is 0. The van der Waals surface area contributed by atoms with Crippen LogP contribution in [0.5, 0.6) is 0 Å². The summed E-state index contributed by atoms with van der Waals surface area (Å²) in [5.74, 6) is 0. The van der Waals surface area contributed by atoms with Gasteiger partial charge in [-0.2, -0.15) is 0 Å². The molecular weight excluding hydrogens is 257 g/mol. The van der Waals surface area contributed by atoms with Crippen molar-refractivity contribution in [1.29, 1.82) is 0 Å². The maximum absolute atomic E-state index is 8.33. The fourth-order valence-corrected chi connectivity index (χ4v) is 0. The van der Waals surface area contributed by atoms with Gasteiger partial charge in [0.1, 0.15) is 0 Å². The molecule has 6 nitrogen and oxygen atoms in total. The van der Waals surface area contributed by atoms with E-state index >= 15 is 0 Å². The average molecular weight is 257 g/mol. The van der Waals surface area contributed by atoms with Crippen molar-refractivity contribution in [2.75, 3.05) is 0 Å². The van der Waals surface area contributed by atoms with Crippen molar-refractivity contribution in [3.63, 3.8) is 0 Å². The predicted octanol–water partition coefficient (Wildman–Crippen LogP) is -5.28. The zero-order valence-electron chi connectivity index (χ0n) is 4.86. The molecule has 0 bridgehead atoms. The van der Waals surface area contributed by atoms with E-state index in [0.29, 0.717) is 0 Å². The van der Waals surface area contributed by atoms with E-state index in [1.54, 1.807) is 0 Å². The molecule has 0 spiro atoms. The van der Waals surface area contributed by atoms with Gasteiger partial charge in [0, 0.05) is 0 Å². The Kier molecular flexibility index (Phi) is 36.2. The molecule has 0 heterocycles. The van der Waals surface area contributed by atoms with Gasteiger partial charge in [-0.3, -0.25) is 0 Å². The molecule has 0 aliphatic rings. The molecule has 0 unspecified atom stereocenters. The van der Waals surface area contributed by atoms with Gasteiger partial charge in [0.05, 0.1) is 0 Å². The second kappa shape index (κ2) is 16.1. The molecule has 0 aliphatic heterocycles. The summed E-state index contributed by atoms with van der Waals surface area (Å²) in [7, 11) is 0. The van der Waals surface area contributed by atoms with E-state index in [2.05, 4.69) is 0 Å². The van der Waals surface area contributed by atoms with E-state index in [9.17, 15) is 0 Å². The van der Waals surface area contributed by atoms with Crippen LogP contribution in [0.3, 0.4) is 0 Å². The molecule has 0 aromatic heterocycles. The minimum absolute atomic E-state index is 0. The van der Waals surface area contributed by atoms with Crippen LogP contribution in [0, 0.1) is 0 Å². The van der Waals surface area contributed by atoms with Crippen LogP contribution in [0.1, 0.15) is 0 Å². The molecule has 48 valence electrons. The van der Waals surface area contributed by atoms with Crippen molar-refractivity contribution in [2.24, 2.45) is 0 Å². The maximum atomic E-state index is 8.33. The second-order valence-corrected chi connectivity index (χ2v) is 0.500. The van der Waals surface area contributed by atoms with Crippen LogP contribution < -0.4 is 20.4 Å². The zero-order valence-corrected chi connectivity index (χ0v) is 10.3. The molecule has 10 heavy (non-hydrogen) atoms. The van der Waals surface area contributed by atoms with Gasteiger partial charge in [0.15, 0.2) is 0 Å². The summed E-state index contributed by atoms with van der Waals surface area (Å²) in [5, 5.41) is 33.3. The van der Waals surface area contributed by atoms with Gasteiger partial charge in [-0.1, -0.05) is 0 Å². The Labute approximate surface area is 92.2 Å². The first-order valence-electron chi connectivity index (χ1n) is 1.22. The van der Waals surface area contributed by atoms with Gasteiger partial charge in [-0.15, -0.1) is 0 Å². The van der Waals surface area contributed by atoms with Crippen molar-refractivity contribution < 1.29 is 57.3 Å². The van der Waals surface area contributed by atoms with Gasteiger partial charge < -0.3 is 30.0 Å². The topological polar surface area (TPSA) is 126 Å². The number of carbonyl (C=O) groups is 2. The molecule has 0 N–H and O–H groups in total. The van der Waals surface area contributed by atoms with E-state index in [1.165, 1.54) is 0 Å². The molecule has 0 atom stereocenters. The first-order valence-corrected chi connectivity index (χ1v) is 1.22. The van der Waals surface area contributed by atoms with E-state index in [1.807, 2.05) is 0 Å². The Hall–Kier alpha value is 0.228. The van der Waals surface area contributed by atoms with Crippen molar-refractivity contribution in [2.45, 2.75) is 0 Å². The first kappa shape index (κ1) is 22.5. The molecule has 0 rings (SSSR count). The zero-order chi connectivity index (χ0) is 7.15. The first-order chi connectivity index (χ1) is 3.46. The normalized spacial score (nSPS) is 4.80. The largest absolute Gasteiger partial charge is 2.00 e. The number of hydrogen-bond acceptors (Lipinski definition) is 6. The summed E-state index contributed by atoms with van der Waals surface area (Å²) in [6.07, 6.45) is -4.67. The molecule has 0 radical (unpaired) electrons. The number of hydrogen-bond donors (Lipinski definition) is 0. The van der Waals surface area contributed by atoms with Crippen LogP contribution in [0.25, 0.3) is 0 Å². The third-order valence-corrected chi connectivity index (χ3v) is 0. The minimum atomic E-state index is -2.33. The van der Waals surface area contributed by atoms with Crippen molar-refractivity contribution in [3.8, 4) is 0 Å². The van der Waals surface area contributed by atoms with E-state index in [0.717, 1.165) is 0 Å². The summed E-state index contributed by atoms with van der Waals surface area (Å²) >= 11 is 0. The molecule has 0 aromatic rings. The Balaban J connectivity index is -0.0000000300. The predicted molar refractivity (Wildman–Crippen MR) is 16.5 cm³/mol. The van der Waals surface area contributed by atoms with Crippen LogP contribution in [0.4, 0.5) is 9.59 Å². The monoisotopic (exact) mass is 258 g/mol. The summed E-state index contributed by atoms with van der Waals surface area (Å²) < 4.78 is 0. The molecule has 0 amide bonds. The molecular formula is C2CdMgO6. The summed E-state index contributed by atoms with van der Waals surface area (Å²) in [6, 6.07) is 0. The molecule has 0 fully saturated rings. The Morgan fingerprint density at radius 2 is 0.800 bits per heavy atom. The van der Waals surface area contributed by atoms with Gasteiger partial charge in [0.25, 0.3) is 0 Å². The van der Waals surface area contributed by atoms with Crippen LogP contribution in [-0.2, 0) is 27.3 Å². The van der Waals surface area contributed by atoms with Gasteiger partial charge in [-0.05, 0) is 12.3 Å². The quantitative estimate of drug-likeness (QED) is 0.399. The Morgan fingerprint density at radius 3 is 0.800 bits per heavy atom. The summed E-state index contributed by atoms with van der Waals surface area (Å²) in [5.41, 5.74) is 0. The molecule has 8 heteroatoms. The fraction of sp³-hybridized carbons (Fsp3) is 0. The van der Waals surface area contributed by atoms with Gasteiger partial charge in [0.2, 0.25) is 0 Å². The van der Waals surface area contributed by atoms with Crippen LogP contribution in [0.15, 0.2) is 0 Å². The van der Waals surface area contributed by atoms with E-state index in [-0.39, 0.29) is 50.4 Å². The molecule has 0 saturated heterocycles. The molecule has 0 saturated carbocycles. The molecule has 0 aromatic carbocycles. The third kappa shape index (κ3) is 8250. The van der Waals surface area contributed by atoms with Gasteiger partial charge >= 0.3 is 50.4 Å². The average Bonchev–Trinajstić information content (AvgIpc) is 1.25. The SMILES string of the molecule is O=C([O-])[O-].O=C([O-])[O-].[Cd+2].[Mg+2]. The Bertz CT molecular complexity index is 73.7. The van der Waals surface area contributed by atoms with E-state index in [4.69, 9.17) is 30.0 Å². The van der Waals surface area contributed by atoms with E-state index < -0.39 is 12.3 Å². The molecule has 0 aliphatic carbocycles. The van der Waals surface area contributed by atoms with Crippen LogP contribution in [0.2, 0.25) is 0 Å². The summed E-state index contributed by atoms with van der Waals surface area (Å²) in [6.45, 7) is 0. The number of carbonyl (C=O) groups excluding carboxylic acids is 2. The fourth-order valence-electron chi connectivity index (χ4n) is 0. The standard InChI is InChI=1S/2CH2O3.Cd.Mg/c2*2-1(3)4;;/h2*(H2,2,3,4);;/q;;2*+2/p-4. The minimum Gasteiger partial charge on any atom is -0.652 e. The summed E-state index contributed by atoms with van der Waals surface area (Å²) in [4.78, 5) is 16.7. The Morgan fingerprint density at radius 1 is 0.800 bits per heavy atom. The number of rotatable bonds is 0. The van der Waals surface area contributed by atoms with Gasteiger partial charge in [-0.25, -0.2) is 0 Å². The maximum Gasteiger partial charge on any atom is 2.00 e. The van der Waals surface area contributed by atoms with Crippen LogP contribution >= 0.6 is 0 Å². The van der Waals surface area contributed by atoms with Crippen molar-refractivity contribution in [3.05, 3.63) is 0 Å². The smallest absolute Gasteiger partial charge is 0.652 e.